The molecule has 0 aliphatic carbocycles. The normalized spacial score (nSPS) is 15.1. The number of cyclic esters (lactones) is 1. The molecule has 0 aromatic heterocycles. The minimum atomic E-state index is -0.521. The Labute approximate surface area is 155 Å². The van der Waals surface area contributed by atoms with E-state index in [-0.39, 0.29) is 11.3 Å². The SMILES string of the molecule is Cc1ccc2cc(C3=C/C(=C\c4ccccc4[N+](=O)[O-])C(=O)O3)ccc2c1. The van der Waals surface area contributed by atoms with E-state index in [1.54, 1.807) is 24.3 Å². The molecule has 0 amide bonds. The summed E-state index contributed by atoms with van der Waals surface area (Å²) in [6.07, 6.45) is 3.10. The fourth-order valence-electron chi connectivity index (χ4n) is 3.09. The molecule has 0 spiro atoms. The number of rotatable bonds is 3. The van der Waals surface area contributed by atoms with Crippen molar-refractivity contribution >= 4 is 34.3 Å². The van der Waals surface area contributed by atoms with E-state index in [0.717, 1.165) is 16.3 Å². The van der Waals surface area contributed by atoms with E-state index in [9.17, 15) is 14.9 Å². The summed E-state index contributed by atoms with van der Waals surface area (Å²) in [5.41, 5.74) is 2.55. The fraction of sp³-hybridized carbons (Fsp3) is 0.0455. The summed E-state index contributed by atoms with van der Waals surface area (Å²) < 4.78 is 5.39. The summed E-state index contributed by atoms with van der Waals surface area (Å²) in [5.74, 6) is -0.0838. The number of nitro groups is 1. The van der Waals surface area contributed by atoms with E-state index in [1.165, 1.54) is 17.7 Å². The van der Waals surface area contributed by atoms with Crippen LogP contribution in [-0.4, -0.2) is 10.9 Å². The minimum absolute atomic E-state index is 0.0549. The Morgan fingerprint density at radius 3 is 2.56 bits per heavy atom. The molecule has 5 nitrogen and oxygen atoms in total. The first-order valence-electron chi connectivity index (χ1n) is 8.41. The van der Waals surface area contributed by atoms with Crippen molar-refractivity contribution in [1.29, 1.82) is 0 Å². The molecule has 0 bridgehead atoms. The van der Waals surface area contributed by atoms with E-state index >= 15 is 0 Å². The number of esters is 1. The van der Waals surface area contributed by atoms with Gasteiger partial charge in [-0.05, 0) is 42.0 Å². The molecule has 1 aliphatic heterocycles. The molecular formula is C22H15NO4. The molecule has 4 rings (SSSR count). The monoisotopic (exact) mass is 357 g/mol. The van der Waals surface area contributed by atoms with Crippen molar-refractivity contribution in [3.63, 3.8) is 0 Å². The van der Waals surface area contributed by atoms with Crippen LogP contribution in [-0.2, 0) is 9.53 Å². The lowest BCUT2D eigenvalue weighted by Crippen LogP contribution is -1.98. The molecule has 3 aromatic rings. The molecule has 1 aliphatic rings. The predicted molar refractivity (Wildman–Crippen MR) is 104 cm³/mol. The maximum Gasteiger partial charge on any atom is 0.343 e. The van der Waals surface area contributed by atoms with E-state index in [0.29, 0.717) is 11.3 Å². The van der Waals surface area contributed by atoms with Crippen LogP contribution < -0.4 is 0 Å². The van der Waals surface area contributed by atoms with Gasteiger partial charge in [-0.15, -0.1) is 0 Å². The van der Waals surface area contributed by atoms with Gasteiger partial charge in [0.1, 0.15) is 5.76 Å². The zero-order valence-electron chi connectivity index (χ0n) is 14.5. The van der Waals surface area contributed by atoms with Gasteiger partial charge in [-0.1, -0.05) is 48.0 Å². The van der Waals surface area contributed by atoms with Crippen molar-refractivity contribution in [1.82, 2.24) is 0 Å². The zero-order valence-corrected chi connectivity index (χ0v) is 14.5. The Bertz CT molecular complexity index is 1160. The maximum absolute atomic E-state index is 12.2. The number of aryl methyl sites for hydroxylation is 1. The van der Waals surface area contributed by atoms with Crippen LogP contribution in [0.1, 0.15) is 16.7 Å². The lowest BCUT2D eigenvalue weighted by Gasteiger charge is -2.05. The van der Waals surface area contributed by atoms with Crippen molar-refractivity contribution in [2.75, 3.05) is 0 Å². The quantitative estimate of drug-likeness (QED) is 0.285. The lowest BCUT2D eigenvalue weighted by molar-refractivity contribution is -0.385. The van der Waals surface area contributed by atoms with Gasteiger partial charge in [0.05, 0.1) is 16.1 Å². The highest BCUT2D eigenvalue weighted by molar-refractivity contribution is 6.05. The van der Waals surface area contributed by atoms with Crippen LogP contribution in [0.3, 0.4) is 0 Å². The third-order valence-electron chi connectivity index (χ3n) is 4.45. The summed E-state index contributed by atoms with van der Waals surface area (Å²) >= 11 is 0. The van der Waals surface area contributed by atoms with E-state index < -0.39 is 10.9 Å². The van der Waals surface area contributed by atoms with Gasteiger partial charge in [-0.2, -0.15) is 0 Å². The Morgan fingerprint density at radius 1 is 1.00 bits per heavy atom. The van der Waals surface area contributed by atoms with Gasteiger partial charge < -0.3 is 4.74 Å². The van der Waals surface area contributed by atoms with Crippen LogP contribution in [0.5, 0.6) is 0 Å². The Balaban J connectivity index is 1.73. The van der Waals surface area contributed by atoms with Crippen LogP contribution >= 0.6 is 0 Å². The van der Waals surface area contributed by atoms with E-state index in [1.807, 2.05) is 37.3 Å². The number of fused-ring (bicyclic) bond motifs is 1. The topological polar surface area (TPSA) is 69.4 Å². The van der Waals surface area contributed by atoms with E-state index in [2.05, 4.69) is 6.07 Å². The molecule has 0 radical (unpaired) electrons. The highest BCUT2D eigenvalue weighted by atomic mass is 16.6. The van der Waals surface area contributed by atoms with Gasteiger partial charge in [0, 0.05) is 11.6 Å². The molecule has 1 heterocycles. The molecule has 27 heavy (non-hydrogen) atoms. The molecule has 0 N–H and O–H groups in total. The number of para-hydroxylation sites is 1. The van der Waals surface area contributed by atoms with Gasteiger partial charge in [-0.25, -0.2) is 4.79 Å². The smallest absolute Gasteiger partial charge is 0.343 e. The number of hydrogen-bond acceptors (Lipinski definition) is 4. The highest BCUT2D eigenvalue weighted by Gasteiger charge is 2.23. The highest BCUT2D eigenvalue weighted by Crippen LogP contribution is 2.31. The first-order chi connectivity index (χ1) is 13.0. The number of hydrogen-bond donors (Lipinski definition) is 0. The van der Waals surface area contributed by atoms with Crippen LogP contribution in [0.4, 0.5) is 5.69 Å². The predicted octanol–water partition coefficient (Wildman–Crippen LogP) is 5.04. The summed E-state index contributed by atoms with van der Waals surface area (Å²) in [6.45, 7) is 2.04. The van der Waals surface area contributed by atoms with Crippen LogP contribution in [0.25, 0.3) is 22.6 Å². The van der Waals surface area contributed by atoms with Gasteiger partial charge in [0.2, 0.25) is 0 Å². The summed E-state index contributed by atoms with van der Waals surface area (Å²) in [6, 6.07) is 18.3. The first-order valence-corrected chi connectivity index (χ1v) is 8.41. The summed E-state index contributed by atoms with van der Waals surface area (Å²) in [5, 5.41) is 13.3. The first kappa shape index (κ1) is 16.7. The maximum atomic E-state index is 12.2. The fourth-order valence-corrected chi connectivity index (χ4v) is 3.09. The molecule has 132 valence electrons. The second-order valence-corrected chi connectivity index (χ2v) is 6.38. The second kappa shape index (κ2) is 6.53. The molecule has 0 saturated carbocycles. The standard InChI is InChI=1S/C22H15NO4/c1-14-6-7-16-11-18(9-8-15(16)10-14)21-13-19(22(24)27-21)12-17-4-2-3-5-20(17)23(25)26/h2-13H,1H3/b19-12+. The van der Waals surface area contributed by atoms with Crippen molar-refractivity contribution in [2.24, 2.45) is 0 Å². The average molecular weight is 357 g/mol. The Hall–Kier alpha value is -3.73. The third-order valence-corrected chi connectivity index (χ3v) is 4.45. The molecule has 5 heteroatoms. The lowest BCUT2D eigenvalue weighted by atomic mass is 10.0. The third kappa shape index (κ3) is 3.22. The van der Waals surface area contributed by atoms with Gasteiger partial charge in [0.25, 0.3) is 5.69 Å². The Morgan fingerprint density at radius 2 is 1.74 bits per heavy atom. The number of carbonyl (C=O) groups is 1. The van der Waals surface area contributed by atoms with Crippen molar-refractivity contribution in [3.05, 3.63) is 99.1 Å². The summed E-state index contributed by atoms with van der Waals surface area (Å²) in [7, 11) is 0. The van der Waals surface area contributed by atoms with Gasteiger partial charge in [0.15, 0.2) is 0 Å². The number of benzene rings is 3. The Kier molecular flexibility index (Phi) is 4.05. The number of ether oxygens (including phenoxy) is 1. The van der Waals surface area contributed by atoms with Crippen molar-refractivity contribution in [3.8, 4) is 0 Å². The molecule has 0 fully saturated rings. The molecule has 0 atom stereocenters. The van der Waals surface area contributed by atoms with Gasteiger partial charge in [-0.3, -0.25) is 10.1 Å². The number of nitrogens with zero attached hydrogens (tertiary/aromatic N) is 1. The zero-order chi connectivity index (χ0) is 19.0. The van der Waals surface area contributed by atoms with Crippen molar-refractivity contribution in [2.45, 2.75) is 6.92 Å². The van der Waals surface area contributed by atoms with Crippen LogP contribution in [0.15, 0.2) is 72.3 Å². The molecule has 0 saturated heterocycles. The molecular weight excluding hydrogens is 342 g/mol. The largest absolute Gasteiger partial charge is 0.422 e. The van der Waals surface area contributed by atoms with E-state index in [4.69, 9.17) is 4.74 Å². The number of nitro benzene ring substituents is 1. The van der Waals surface area contributed by atoms with Crippen LogP contribution in [0, 0.1) is 17.0 Å². The van der Waals surface area contributed by atoms with Crippen molar-refractivity contribution < 1.29 is 14.5 Å². The summed E-state index contributed by atoms with van der Waals surface area (Å²) in [4.78, 5) is 22.9. The van der Waals surface area contributed by atoms with Gasteiger partial charge >= 0.3 is 5.97 Å². The van der Waals surface area contributed by atoms with Crippen LogP contribution in [0.2, 0.25) is 0 Å². The molecule has 0 unspecified atom stereocenters. The average Bonchev–Trinajstić information content (AvgIpc) is 3.02. The minimum Gasteiger partial charge on any atom is -0.422 e. The molecule has 3 aromatic carbocycles. The second-order valence-electron chi connectivity index (χ2n) is 6.38. The number of carbonyl (C=O) groups excluding carboxylic acids is 1.